The molecule has 0 saturated heterocycles. The second-order valence-corrected chi connectivity index (χ2v) is 7.51. The van der Waals surface area contributed by atoms with Crippen molar-refractivity contribution >= 4 is 41.1 Å². The Bertz CT molecular complexity index is 765. The number of hydrogen-bond acceptors (Lipinski definition) is 6. The summed E-state index contributed by atoms with van der Waals surface area (Å²) in [6.07, 6.45) is 1.94. The van der Waals surface area contributed by atoms with Gasteiger partial charge in [0.2, 0.25) is 11.8 Å². The van der Waals surface area contributed by atoms with Crippen LogP contribution in [0.2, 0.25) is 0 Å². The average molecular weight is 391 g/mol. The third-order valence-electron chi connectivity index (χ3n) is 4.20. The predicted molar refractivity (Wildman–Crippen MR) is 99.3 cm³/mol. The van der Waals surface area contributed by atoms with Gasteiger partial charge < -0.3 is 15.0 Å². The van der Waals surface area contributed by atoms with Gasteiger partial charge in [-0.3, -0.25) is 24.1 Å². The summed E-state index contributed by atoms with van der Waals surface area (Å²) in [5, 5.41) is 2.79. The van der Waals surface area contributed by atoms with Gasteiger partial charge in [-0.05, 0) is 25.0 Å². The maximum Gasteiger partial charge on any atom is 0.326 e. The number of thioether (sulfide) groups is 1. The number of para-hydroxylation sites is 1. The number of carbonyl (C=O) groups is 4. The Morgan fingerprint density at radius 2 is 2.04 bits per heavy atom. The number of anilines is 1. The number of ether oxygens (including phenoxy) is 1. The van der Waals surface area contributed by atoms with Gasteiger partial charge >= 0.3 is 5.97 Å². The van der Waals surface area contributed by atoms with E-state index in [-0.39, 0.29) is 36.7 Å². The highest BCUT2D eigenvalue weighted by atomic mass is 32.2. The van der Waals surface area contributed by atoms with Gasteiger partial charge in [-0.1, -0.05) is 12.1 Å². The molecule has 1 heterocycles. The smallest absolute Gasteiger partial charge is 0.326 e. The summed E-state index contributed by atoms with van der Waals surface area (Å²) in [7, 11) is 1.48. The lowest BCUT2D eigenvalue weighted by atomic mass is 10.2. The Balaban J connectivity index is 1.47. The molecule has 0 spiro atoms. The molecule has 1 saturated carbocycles. The summed E-state index contributed by atoms with van der Waals surface area (Å²) in [5.74, 6) is -1.31. The van der Waals surface area contributed by atoms with Crippen molar-refractivity contribution in [3.8, 4) is 0 Å². The first kappa shape index (κ1) is 19.2. The lowest BCUT2D eigenvalue weighted by Gasteiger charge is -2.28. The van der Waals surface area contributed by atoms with E-state index >= 15 is 0 Å². The molecule has 0 unspecified atom stereocenters. The first-order valence-electron chi connectivity index (χ1n) is 8.65. The van der Waals surface area contributed by atoms with Gasteiger partial charge in [0.1, 0.15) is 6.54 Å². The van der Waals surface area contributed by atoms with E-state index in [0.717, 1.165) is 17.7 Å². The molecule has 2 aliphatic rings. The Kier molecular flexibility index (Phi) is 6.00. The summed E-state index contributed by atoms with van der Waals surface area (Å²) < 4.78 is 5.00. The average Bonchev–Trinajstić information content (AvgIpc) is 3.45. The molecule has 0 radical (unpaired) electrons. The van der Waals surface area contributed by atoms with Crippen molar-refractivity contribution < 1.29 is 23.9 Å². The number of likely N-dealkylation sites (N-methyl/N-ethyl adjacent to an activating group) is 1. The highest BCUT2D eigenvalue weighted by Crippen LogP contribution is 2.34. The van der Waals surface area contributed by atoms with Crippen molar-refractivity contribution in [1.82, 2.24) is 10.2 Å². The molecule has 0 bridgehead atoms. The second kappa shape index (κ2) is 8.43. The van der Waals surface area contributed by atoms with Crippen molar-refractivity contribution in [2.75, 3.05) is 37.4 Å². The molecule has 0 atom stereocenters. The van der Waals surface area contributed by atoms with Gasteiger partial charge in [0.05, 0.1) is 18.0 Å². The monoisotopic (exact) mass is 391 g/mol. The number of rotatable bonds is 7. The lowest BCUT2D eigenvalue weighted by molar-refractivity contribution is -0.151. The number of benzene rings is 1. The summed E-state index contributed by atoms with van der Waals surface area (Å²) in [6, 6.07) is 7.54. The number of hydrogen-bond donors (Lipinski definition) is 1. The van der Waals surface area contributed by atoms with Crippen molar-refractivity contribution in [3.63, 3.8) is 0 Å². The van der Waals surface area contributed by atoms with Crippen molar-refractivity contribution in [3.05, 3.63) is 24.3 Å². The quantitative estimate of drug-likeness (QED) is 0.676. The summed E-state index contributed by atoms with van der Waals surface area (Å²) in [4.78, 5) is 51.5. The van der Waals surface area contributed by atoms with Crippen LogP contribution < -0.4 is 10.2 Å². The fourth-order valence-corrected chi connectivity index (χ4v) is 3.49. The fourth-order valence-electron chi connectivity index (χ4n) is 2.56. The van der Waals surface area contributed by atoms with E-state index < -0.39 is 18.5 Å². The Morgan fingerprint density at radius 3 is 2.78 bits per heavy atom. The molecule has 1 aliphatic carbocycles. The largest absolute Gasteiger partial charge is 0.454 e. The van der Waals surface area contributed by atoms with Gasteiger partial charge in [-0.25, -0.2) is 0 Å². The summed E-state index contributed by atoms with van der Waals surface area (Å²) in [6.45, 7) is -0.803. The Labute approximate surface area is 161 Å². The maximum atomic E-state index is 12.1. The fraction of sp³-hybridized carbons (Fsp3) is 0.444. The van der Waals surface area contributed by atoms with Crippen molar-refractivity contribution in [1.29, 1.82) is 0 Å². The van der Waals surface area contributed by atoms with E-state index in [4.69, 9.17) is 4.74 Å². The van der Waals surface area contributed by atoms with Gasteiger partial charge in [0.15, 0.2) is 6.61 Å². The molecule has 27 heavy (non-hydrogen) atoms. The molecule has 1 aliphatic heterocycles. The minimum absolute atomic E-state index is 0.0813. The minimum atomic E-state index is -0.672. The minimum Gasteiger partial charge on any atom is -0.454 e. The van der Waals surface area contributed by atoms with Crippen molar-refractivity contribution in [2.45, 2.75) is 23.8 Å². The summed E-state index contributed by atoms with van der Waals surface area (Å²) >= 11 is 1.42. The number of fused-ring (bicyclic) bond motifs is 1. The second-order valence-electron chi connectivity index (χ2n) is 6.49. The van der Waals surface area contributed by atoms with Crippen LogP contribution >= 0.6 is 11.8 Å². The Morgan fingerprint density at radius 1 is 1.30 bits per heavy atom. The SMILES string of the molecule is CN(CC(=O)NC1CC1)C(=O)COC(=O)CN1C(=O)CSc2ccccc21. The van der Waals surface area contributed by atoms with Crippen LogP contribution in [0.1, 0.15) is 12.8 Å². The number of nitrogens with zero attached hydrogens (tertiary/aromatic N) is 2. The van der Waals surface area contributed by atoms with E-state index in [1.807, 2.05) is 12.1 Å². The van der Waals surface area contributed by atoms with E-state index in [1.165, 1.54) is 28.6 Å². The van der Waals surface area contributed by atoms with Crippen LogP contribution in [-0.2, 0) is 23.9 Å². The van der Waals surface area contributed by atoms with E-state index in [2.05, 4.69) is 5.32 Å². The number of esters is 1. The van der Waals surface area contributed by atoms with Crippen LogP contribution in [0.15, 0.2) is 29.2 Å². The highest BCUT2D eigenvalue weighted by Gasteiger charge is 2.27. The first-order valence-corrected chi connectivity index (χ1v) is 9.63. The summed E-state index contributed by atoms with van der Waals surface area (Å²) in [5.41, 5.74) is 0.663. The zero-order valence-electron chi connectivity index (χ0n) is 15.0. The van der Waals surface area contributed by atoms with Gasteiger partial charge in [-0.2, -0.15) is 0 Å². The molecule has 3 amide bonds. The van der Waals surface area contributed by atoms with Crippen molar-refractivity contribution in [2.24, 2.45) is 0 Å². The zero-order chi connectivity index (χ0) is 19.4. The number of amides is 3. The number of carbonyl (C=O) groups excluding carboxylic acids is 4. The Hall–Kier alpha value is -2.55. The molecule has 0 aromatic heterocycles. The molecule has 8 nitrogen and oxygen atoms in total. The normalized spacial score (nSPS) is 15.7. The van der Waals surface area contributed by atoms with E-state index in [0.29, 0.717) is 5.69 Å². The molecular weight excluding hydrogens is 370 g/mol. The van der Waals surface area contributed by atoms with Gasteiger partial charge in [-0.15, -0.1) is 11.8 Å². The maximum absolute atomic E-state index is 12.1. The molecular formula is C18H21N3O5S. The van der Waals surface area contributed by atoms with Crippen LogP contribution in [0.4, 0.5) is 5.69 Å². The molecule has 144 valence electrons. The van der Waals surface area contributed by atoms with Crippen LogP contribution in [0.3, 0.4) is 0 Å². The molecule has 9 heteroatoms. The van der Waals surface area contributed by atoms with Gasteiger partial charge in [0, 0.05) is 18.0 Å². The van der Waals surface area contributed by atoms with Crippen LogP contribution in [0, 0.1) is 0 Å². The van der Waals surface area contributed by atoms with Crippen LogP contribution in [0.5, 0.6) is 0 Å². The topological polar surface area (TPSA) is 96.0 Å². The van der Waals surface area contributed by atoms with E-state index in [1.54, 1.807) is 12.1 Å². The van der Waals surface area contributed by atoms with E-state index in [9.17, 15) is 19.2 Å². The molecule has 1 aromatic carbocycles. The lowest BCUT2D eigenvalue weighted by Crippen LogP contribution is -2.42. The highest BCUT2D eigenvalue weighted by molar-refractivity contribution is 8.00. The van der Waals surface area contributed by atoms with Crippen LogP contribution in [-0.4, -0.2) is 67.1 Å². The molecule has 3 rings (SSSR count). The van der Waals surface area contributed by atoms with Gasteiger partial charge in [0.25, 0.3) is 5.91 Å². The third kappa shape index (κ3) is 5.22. The first-order chi connectivity index (χ1) is 12.9. The molecule has 1 fully saturated rings. The molecule has 1 N–H and O–H groups in total. The standard InChI is InChI=1S/C18H21N3O5S/c1-20(8-15(22)19-12-6-7-12)16(23)10-26-18(25)9-21-13-4-2-3-5-14(13)27-11-17(21)24/h2-5,12H,6-11H2,1H3,(H,19,22). The van der Waals surface area contributed by atoms with Crippen LogP contribution in [0.25, 0.3) is 0 Å². The third-order valence-corrected chi connectivity index (χ3v) is 5.25. The zero-order valence-corrected chi connectivity index (χ0v) is 15.8. The predicted octanol–water partition coefficient (Wildman–Crippen LogP) is 0.406. The molecule has 1 aromatic rings. The number of nitrogens with one attached hydrogen (secondary N) is 1.